The van der Waals surface area contributed by atoms with Crippen LogP contribution < -0.4 is 0 Å². The van der Waals surface area contributed by atoms with Crippen LogP contribution >= 0.6 is 22.6 Å². The zero-order chi connectivity index (χ0) is 24.6. The molecule has 2 aromatic carbocycles. The molecule has 1 unspecified atom stereocenters. The van der Waals surface area contributed by atoms with Gasteiger partial charge in [-0.05, 0) is 61.2 Å². The molecule has 0 radical (unpaired) electrons. The van der Waals surface area contributed by atoms with E-state index >= 15 is 0 Å². The number of benzene rings is 2. The fourth-order valence-electron chi connectivity index (χ4n) is 4.26. The van der Waals surface area contributed by atoms with Gasteiger partial charge >= 0.3 is 12.4 Å². The molecule has 10 heteroatoms. The number of hydrogen-bond acceptors (Lipinski definition) is 2. The van der Waals surface area contributed by atoms with Crippen molar-refractivity contribution in [3.05, 3.63) is 70.5 Å². The van der Waals surface area contributed by atoms with Gasteiger partial charge in [0, 0.05) is 11.8 Å². The third kappa shape index (κ3) is 6.06. The van der Waals surface area contributed by atoms with Crippen molar-refractivity contribution in [1.29, 1.82) is 0 Å². The normalized spacial score (nSPS) is 22.4. The quantitative estimate of drug-likeness (QED) is 0.199. The van der Waals surface area contributed by atoms with Gasteiger partial charge in [-0.1, -0.05) is 34.7 Å². The lowest BCUT2D eigenvalue weighted by Gasteiger charge is -2.28. The fraction of sp³-hybridized carbons (Fsp3) is 0.435. The van der Waals surface area contributed by atoms with Crippen molar-refractivity contribution in [1.82, 2.24) is 0 Å². The first-order valence-electron chi connectivity index (χ1n) is 10.1. The summed E-state index contributed by atoms with van der Waals surface area (Å²) in [4.78, 5) is 12.5. The number of halogens is 8. The number of alkyl halides is 7. The maximum absolute atomic E-state index is 13.4. The molecule has 1 aliphatic rings. The number of rotatable bonds is 6. The zero-order valence-electron chi connectivity index (χ0n) is 17.3. The van der Waals surface area contributed by atoms with E-state index in [1.54, 1.807) is 0 Å². The van der Waals surface area contributed by atoms with Gasteiger partial charge in [-0.2, -0.15) is 26.3 Å². The van der Waals surface area contributed by atoms with Crippen molar-refractivity contribution in [3.63, 3.8) is 0 Å². The average molecular weight is 588 g/mol. The van der Waals surface area contributed by atoms with E-state index in [9.17, 15) is 35.5 Å². The molecule has 2 nitrogen and oxygen atoms in total. The molecule has 0 saturated heterocycles. The SMILES string of the molecule is C[C@@H](O[C@H]1CC[C@@H](C(=O)CI)C1c1ccc(F)cc1)c1cc(C(F)(F)F)cc(C(F)(F)F)c1. The van der Waals surface area contributed by atoms with Crippen molar-refractivity contribution in [3.8, 4) is 0 Å². The van der Waals surface area contributed by atoms with Crippen LogP contribution in [0.5, 0.6) is 0 Å². The summed E-state index contributed by atoms with van der Waals surface area (Å²) in [5.74, 6) is -1.43. The third-order valence-electron chi connectivity index (χ3n) is 5.85. The first-order valence-corrected chi connectivity index (χ1v) is 11.6. The topological polar surface area (TPSA) is 26.3 Å². The standard InChI is InChI=1S/C23H20F7IO2/c1-12(14-8-15(22(25,26)27)10-16(9-14)23(28,29)30)33-20-7-6-18(19(32)11-31)21(20)13-2-4-17(24)5-3-13/h2-5,8-10,12,18,20-21H,6-7,11H2,1H3/t12-,18+,20+,21?/m1/s1. The number of Topliss-reactive ketones (excluding diaryl/α,β-unsaturated/α-hetero) is 1. The average Bonchev–Trinajstić information content (AvgIpc) is 3.15. The molecule has 0 heterocycles. The summed E-state index contributed by atoms with van der Waals surface area (Å²) >= 11 is 1.94. The predicted octanol–water partition coefficient (Wildman–Crippen LogP) is 7.51. The van der Waals surface area contributed by atoms with Crippen molar-refractivity contribution in [2.45, 2.75) is 50.2 Å². The molecule has 0 spiro atoms. The molecule has 0 N–H and O–H groups in total. The van der Waals surface area contributed by atoms with Gasteiger partial charge in [-0.25, -0.2) is 4.39 Å². The minimum atomic E-state index is -4.96. The molecular weight excluding hydrogens is 568 g/mol. The molecule has 0 bridgehead atoms. The molecule has 0 amide bonds. The van der Waals surface area contributed by atoms with Gasteiger partial charge in [0.25, 0.3) is 0 Å². The molecule has 3 rings (SSSR count). The van der Waals surface area contributed by atoms with Crippen LogP contribution in [0.15, 0.2) is 42.5 Å². The Morgan fingerprint density at radius 3 is 2.03 bits per heavy atom. The van der Waals surface area contributed by atoms with E-state index in [-0.39, 0.29) is 21.8 Å². The predicted molar refractivity (Wildman–Crippen MR) is 115 cm³/mol. The van der Waals surface area contributed by atoms with Gasteiger partial charge in [-0.3, -0.25) is 4.79 Å². The number of hydrogen-bond donors (Lipinski definition) is 0. The molecule has 0 aliphatic heterocycles. The first-order chi connectivity index (χ1) is 15.3. The highest BCUT2D eigenvalue weighted by Crippen LogP contribution is 2.45. The molecule has 4 atom stereocenters. The molecular formula is C23H20F7IO2. The van der Waals surface area contributed by atoms with E-state index in [0.717, 1.165) is 0 Å². The van der Waals surface area contributed by atoms with Crippen molar-refractivity contribution < 1.29 is 40.3 Å². The van der Waals surface area contributed by atoms with Gasteiger partial charge in [0.1, 0.15) is 11.6 Å². The Bertz CT molecular complexity index is 954. The van der Waals surface area contributed by atoms with Crippen LogP contribution in [0.4, 0.5) is 30.7 Å². The summed E-state index contributed by atoms with van der Waals surface area (Å²) in [6, 6.07) is 6.88. The highest BCUT2D eigenvalue weighted by molar-refractivity contribution is 14.1. The molecule has 1 saturated carbocycles. The summed E-state index contributed by atoms with van der Waals surface area (Å²) < 4.78 is 99.0. The van der Waals surface area contributed by atoms with E-state index in [2.05, 4.69) is 0 Å². The van der Waals surface area contributed by atoms with Gasteiger partial charge in [0.2, 0.25) is 0 Å². The van der Waals surface area contributed by atoms with Crippen LogP contribution in [0, 0.1) is 11.7 Å². The van der Waals surface area contributed by atoms with Gasteiger partial charge in [0.15, 0.2) is 0 Å². The van der Waals surface area contributed by atoms with E-state index in [1.165, 1.54) is 31.2 Å². The Morgan fingerprint density at radius 2 is 1.55 bits per heavy atom. The summed E-state index contributed by atoms with van der Waals surface area (Å²) in [5.41, 5.74) is -2.46. The van der Waals surface area contributed by atoms with Crippen molar-refractivity contribution in [2.24, 2.45) is 5.92 Å². The summed E-state index contributed by atoms with van der Waals surface area (Å²) in [7, 11) is 0. The first kappa shape index (κ1) is 25.9. The van der Waals surface area contributed by atoms with Crippen LogP contribution in [-0.2, 0) is 21.9 Å². The minimum Gasteiger partial charge on any atom is -0.370 e. The second-order valence-electron chi connectivity index (χ2n) is 8.02. The third-order valence-corrected chi connectivity index (χ3v) is 6.61. The highest BCUT2D eigenvalue weighted by atomic mass is 127. The number of carbonyl (C=O) groups excluding carboxylic acids is 1. The van der Waals surface area contributed by atoms with Crippen LogP contribution in [-0.4, -0.2) is 16.3 Å². The monoisotopic (exact) mass is 588 g/mol. The highest BCUT2D eigenvalue weighted by Gasteiger charge is 2.42. The maximum Gasteiger partial charge on any atom is 0.416 e. The molecule has 2 aromatic rings. The lowest BCUT2D eigenvalue weighted by molar-refractivity contribution is -0.143. The summed E-state index contributed by atoms with van der Waals surface area (Å²) in [6.45, 7) is 1.38. The Labute approximate surface area is 199 Å². The number of ketones is 1. The van der Waals surface area contributed by atoms with Crippen molar-refractivity contribution in [2.75, 3.05) is 4.43 Å². The van der Waals surface area contributed by atoms with Crippen molar-refractivity contribution >= 4 is 28.4 Å². The summed E-state index contributed by atoms with van der Waals surface area (Å²) in [5, 5.41) is 0. The molecule has 0 aromatic heterocycles. The molecule has 1 aliphatic carbocycles. The smallest absolute Gasteiger partial charge is 0.370 e. The lowest BCUT2D eigenvalue weighted by Crippen LogP contribution is -2.27. The largest absolute Gasteiger partial charge is 0.416 e. The minimum absolute atomic E-state index is 0.0397. The Kier molecular flexibility index (Phi) is 7.77. The molecule has 33 heavy (non-hydrogen) atoms. The van der Waals surface area contributed by atoms with Crippen LogP contribution in [0.1, 0.15) is 54.0 Å². The molecule has 180 valence electrons. The van der Waals surface area contributed by atoms with Crippen LogP contribution in [0.25, 0.3) is 0 Å². The number of carbonyl (C=O) groups is 1. The van der Waals surface area contributed by atoms with Gasteiger partial charge in [0.05, 0.1) is 27.8 Å². The lowest BCUT2D eigenvalue weighted by atomic mass is 9.85. The number of ether oxygens (including phenoxy) is 1. The van der Waals surface area contributed by atoms with E-state index in [4.69, 9.17) is 4.74 Å². The van der Waals surface area contributed by atoms with E-state index < -0.39 is 53.3 Å². The Hall–Kier alpha value is -1.69. The van der Waals surface area contributed by atoms with E-state index in [0.29, 0.717) is 30.5 Å². The second kappa shape index (κ2) is 9.89. The van der Waals surface area contributed by atoms with Gasteiger partial charge < -0.3 is 4.74 Å². The molecule has 1 fully saturated rings. The maximum atomic E-state index is 13.4. The summed E-state index contributed by atoms with van der Waals surface area (Å²) in [6.07, 6.45) is -10.8. The Morgan fingerprint density at radius 1 is 1.00 bits per heavy atom. The second-order valence-corrected chi connectivity index (χ2v) is 8.78. The van der Waals surface area contributed by atoms with Gasteiger partial charge in [-0.15, -0.1) is 0 Å². The zero-order valence-corrected chi connectivity index (χ0v) is 19.5. The fourth-order valence-corrected chi connectivity index (χ4v) is 4.83. The Balaban J connectivity index is 1.94. The van der Waals surface area contributed by atoms with Crippen LogP contribution in [0.3, 0.4) is 0 Å². The van der Waals surface area contributed by atoms with Crippen LogP contribution in [0.2, 0.25) is 0 Å². The van der Waals surface area contributed by atoms with E-state index in [1.807, 2.05) is 22.6 Å².